The third kappa shape index (κ3) is 3.75. The van der Waals surface area contributed by atoms with E-state index in [0.29, 0.717) is 30.3 Å². The highest BCUT2D eigenvalue weighted by molar-refractivity contribution is 5.51. The Morgan fingerprint density at radius 2 is 1.65 bits per heavy atom. The van der Waals surface area contributed by atoms with Gasteiger partial charge in [0.2, 0.25) is 5.75 Å². The number of para-hydroxylation sites is 1. The van der Waals surface area contributed by atoms with E-state index in [2.05, 4.69) is 6.07 Å². The molecule has 2 rings (SSSR count). The summed E-state index contributed by atoms with van der Waals surface area (Å²) in [6.45, 7) is 2.33. The number of hydrogen-bond acceptors (Lipinski definition) is 4. The first kappa shape index (κ1) is 16.7. The third-order valence-corrected chi connectivity index (χ3v) is 3.88. The maximum atomic E-state index is 9.57. The van der Waals surface area contributed by atoms with E-state index in [1.54, 1.807) is 14.2 Å². The second-order valence-electron chi connectivity index (χ2n) is 5.40. The van der Waals surface area contributed by atoms with Crippen LogP contribution in [-0.2, 0) is 5.41 Å². The molecule has 0 fully saturated rings. The Morgan fingerprint density at radius 3 is 2.26 bits per heavy atom. The number of ether oxygens (including phenoxy) is 3. The van der Waals surface area contributed by atoms with Gasteiger partial charge in [0.05, 0.1) is 32.3 Å². The molecule has 0 aliphatic carbocycles. The summed E-state index contributed by atoms with van der Waals surface area (Å²) in [6.07, 6.45) is 0.577. The van der Waals surface area contributed by atoms with Crippen LogP contribution in [0.2, 0.25) is 0 Å². The Morgan fingerprint density at radius 1 is 0.957 bits per heavy atom. The van der Waals surface area contributed by atoms with E-state index in [4.69, 9.17) is 14.2 Å². The van der Waals surface area contributed by atoms with Gasteiger partial charge in [-0.3, -0.25) is 0 Å². The van der Waals surface area contributed by atoms with Gasteiger partial charge in [-0.05, 0) is 24.6 Å². The van der Waals surface area contributed by atoms with Crippen molar-refractivity contribution in [3.05, 3.63) is 54.1 Å². The summed E-state index contributed by atoms with van der Waals surface area (Å²) in [5, 5.41) is 9.57. The molecule has 0 spiro atoms. The topological polar surface area (TPSA) is 51.5 Å². The van der Waals surface area contributed by atoms with E-state index >= 15 is 0 Å². The minimum Gasteiger partial charge on any atom is -0.493 e. The van der Waals surface area contributed by atoms with Crippen LogP contribution in [0.3, 0.4) is 0 Å². The van der Waals surface area contributed by atoms with Gasteiger partial charge < -0.3 is 14.2 Å². The molecule has 4 heteroatoms. The molecule has 1 unspecified atom stereocenters. The minimum atomic E-state index is -0.590. The summed E-state index contributed by atoms with van der Waals surface area (Å²) in [4.78, 5) is 0. The van der Waals surface area contributed by atoms with Crippen LogP contribution in [0.15, 0.2) is 48.5 Å². The first-order valence-corrected chi connectivity index (χ1v) is 7.45. The normalized spacial score (nSPS) is 12.8. The molecule has 1 atom stereocenters. The standard InChI is InChI=1S/C19H21NO3/c1-19(14-20,15-8-5-4-6-9-15)12-13-23-17-11-7-10-16(21-2)18(17)22-3/h4-11H,12-13H2,1-3H3. The van der Waals surface area contributed by atoms with Crippen molar-refractivity contribution >= 4 is 0 Å². The highest BCUT2D eigenvalue weighted by atomic mass is 16.5. The average molecular weight is 311 g/mol. The van der Waals surface area contributed by atoms with Crippen molar-refractivity contribution in [3.63, 3.8) is 0 Å². The van der Waals surface area contributed by atoms with Gasteiger partial charge in [0.15, 0.2) is 11.5 Å². The predicted octanol–water partition coefficient (Wildman–Crippen LogP) is 3.95. The second kappa shape index (κ2) is 7.55. The molecule has 2 aromatic carbocycles. The van der Waals surface area contributed by atoms with E-state index in [0.717, 1.165) is 5.56 Å². The number of nitrogens with zero attached hydrogens (tertiary/aromatic N) is 1. The number of nitriles is 1. The monoisotopic (exact) mass is 311 g/mol. The molecule has 0 aromatic heterocycles. The molecule has 23 heavy (non-hydrogen) atoms. The number of methoxy groups -OCH3 is 2. The third-order valence-electron chi connectivity index (χ3n) is 3.88. The predicted molar refractivity (Wildman–Crippen MR) is 89.1 cm³/mol. The van der Waals surface area contributed by atoms with Crippen molar-refractivity contribution in [1.82, 2.24) is 0 Å². The zero-order chi connectivity index (χ0) is 16.7. The number of benzene rings is 2. The Labute approximate surface area is 137 Å². The molecular formula is C19H21NO3. The fourth-order valence-electron chi connectivity index (χ4n) is 2.41. The van der Waals surface area contributed by atoms with Gasteiger partial charge in [-0.1, -0.05) is 36.4 Å². The van der Waals surface area contributed by atoms with Gasteiger partial charge in [0.25, 0.3) is 0 Å². The Balaban J connectivity index is 2.09. The van der Waals surface area contributed by atoms with Crippen molar-refractivity contribution in [1.29, 1.82) is 5.26 Å². The summed E-state index contributed by atoms with van der Waals surface area (Å²) in [5.74, 6) is 1.80. The van der Waals surface area contributed by atoms with Crippen LogP contribution in [-0.4, -0.2) is 20.8 Å². The molecule has 2 aromatic rings. The van der Waals surface area contributed by atoms with Crippen molar-refractivity contribution in [3.8, 4) is 23.3 Å². The molecule has 4 nitrogen and oxygen atoms in total. The van der Waals surface area contributed by atoms with Gasteiger partial charge in [-0.25, -0.2) is 0 Å². The van der Waals surface area contributed by atoms with Crippen LogP contribution in [0.5, 0.6) is 17.2 Å². The van der Waals surface area contributed by atoms with Gasteiger partial charge in [-0.15, -0.1) is 0 Å². The largest absolute Gasteiger partial charge is 0.493 e. The lowest BCUT2D eigenvalue weighted by molar-refractivity contribution is 0.263. The van der Waals surface area contributed by atoms with Crippen molar-refractivity contribution in [2.75, 3.05) is 20.8 Å². The van der Waals surface area contributed by atoms with Gasteiger partial charge in [0, 0.05) is 6.42 Å². The number of rotatable bonds is 7. The lowest BCUT2D eigenvalue weighted by Gasteiger charge is -2.22. The molecule has 0 saturated carbocycles. The van der Waals surface area contributed by atoms with Crippen LogP contribution in [0.1, 0.15) is 18.9 Å². The quantitative estimate of drug-likeness (QED) is 0.777. The van der Waals surface area contributed by atoms with Crippen molar-refractivity contribution in [2.45, 2.75) is 18.8 Å². The maximum absolute atomic E-state index is 9.57. The fourth-order valence-corrected chi connectivity index (χ4v) is 2.41. The molecule has 0 aliphatic heterocycles. The summed E-state index contributed by atoms with van der Waals surface area (Å²) in [5.41, 5.74) is 0.400. The molecular weight excluding hydrogens is 290 g/mol. The molecule has 0 saturated heterocycles. The van der Waals surface area contributed by atoms with Crippen LogP contribution in [0.4, 0.5) is 0 Å². The summed E-state index contributed by atoms with van der Waals surface area (Å²) >= 11 is 0. The van der Waals surface area contributed by atoms with Gasteiger partial charge in [0.1, 0.15) is 0 Å². The molecule has 0 amide bonds. The lowest BCUT2D eigenvalue weighted by Crippen LogP contribution is -2.22. The van der Waals surface area contributed by atoms with E-state index in [1.807, 2.05) is 55.5 Å². The molecule has 0 bridgehead atoms. The highest BCUT2D eigenvalue weighted by Gasteiger charge is 2.26. The Hall–Kier alpha value is -2.67. The average Bonchev–Trinajstić information content (AvgIpc) is 2.61. The van der Waals surface area contributed by atoms with Gasteiger partial charge in [-0.2, -0.15) is 5.26 Å². The van der Waals surface area contributed by atoms with Crippen molar-refractivity contribution < 1.29 is 14.2 Å². The minimum absolute atomic E-state index is 0.405. The van der Waals surface area contributed by atoms with E-state index in [-0.39, 0.29) is 0 Å². The van der Waals surface area contributed by atoms with Gasteiger partial charge >= 0.3 is 0 Å². The van der Waals surface area contributed by atoms with Crippen LogP contribution in [0.25, 0.3) is 0 Å². The molecule has 120 valence electrons. The Kier molecular flexibility index (Phi) is 5.48. The molecule has 0 heterocycles. The summed E-state index contributed by atoms with van der Waals surface area (Å²) in [7, 11) is 3.16. The second-order valence-corrected chi connectivity index (χ2v) is 5.40. The summed E-state index contributed by atoms with van der Waals surface area (Å²) in [6, 6.07) is 17.6. The number of hydrogen-bond donors (Lipinski definition) is 0. The molecule has 0 aliphatic rings. The first-order valence-electron chi connectivity index (χ1n) is 7.45. The van der Waals surface area contributed by atoms with Crippen molar-refractivity contribution in [2.24, 2.45) is 0 Å². The lowest BCUT2D eigenvalue weighted by atomic mass is 9.81. The van der Waals surface area contributed by atoms with E-state index in [9.17, 15) is 5.26 Å². The highest BCUT2D eigenvalue weighted by Crippen LogP contribution is 2.37. The fraction of sp³-hybridized carbons (Fsp3) is 0.316. The maximum Gasteiger partial charge on any atom is 0.203 e. The molecule has 0 radical (unpaired) electrons. The molecule has 0 N–H and O–H groups in total. The smallest absolute Gasteiger partial charge is 0.203 e. The van der Waals surface area contributed by atoms with Crippen LogP contribution >= 0.6 is 0 Å². The first-order chi connectivity index (χ1) is 11.1. The zero-order valence-electron chi connectivity index (χ0n) is 13.7. The summed E-state index contributed by atoms with van der Waals surface area (Å²) < 4.78 is 16.4. The van der Waals surface area contributed by atoms with Crippen LogP contribution < -0.4 is 14.2 Å². The SMILES string of the molecule is COc1cccc(OCCC(C)(C#N)c2ccccc2)c1OC. The van der Waals surface area contributed by atoms with Crippen LogP contribution in [0, 0.1) is 11.3 Å². The zero-order valence-corrected chi connectivity index (χ0v) is 13.7. The van der Waals surface area contributed by atoms with E-state index < -0.39 is 5.41 Å². The van der Waals surface area contributed by atoms with E-state index in [1.165, 1.54) is 0 Å². The Bertz CT molecular complexity index is 679.